The summed E-state index contributed by atoms with van der Waals surface area (Å²) in [5, 5.41) is 0. The van der Waals surface area contributed by atoms with Gasteiger partial charge in [-0.15, -0.1) is 0 Å². The number of hydrogen-bond acceptors (Lipinski definition) is 4. The van der Waals surface area contributed by atoms with Crippen LogP contribution in [0.25, 0.3) is 6.08 Å². The molecule has 0 bridgehead atoms. The van der Waals surface area contributed by atoms with Crippen molar-refractivity contribution in [2.24, 2.45) is 0 Å². The van der Waals surface area contributed by atoms with E-state index in [-0.39, 0.29) is 11.8 Å². The van der Waals surface area contributed by atoms with Gasteiger partial charge in [-0.2, -0.15) is 0 Å². The highest BCUT2D eigenvalue weighted by Gasteiger charge is 2.26. The van der Waals surface area contributed by atoms with Crippen molar-refractivity contribution in [3.05, 3.63) is 35.4 Å². The van der Waals surface area contributed by atoms with Crippen molar-refractivity contribution >= 4 is 17.9 Å². The molecule has 29 heavy (non-hydrogen) atoms. The van der Waals surface area contributed by atoms with Gasteiger partial charge in [0, 0.05) is 51.3 Å². The van der Waals surface area contributed by atoms with Crippen LogP contribution in [0.15, 0.2) is 24.3 Å². The smallest absolute Gasteiger partial charge is 0.246 e. The van der Waals surface area contributed by atoms with Crippen molar-refractivity contribution in [2.45, 2.75) is 38.6 Å². The Morgan fingerprint density at radius 3 is 2.76 bits per heavy atom. The van der Waals surface area contributed by atoms with Crippen LogP contribution in [0.4, 0.5) is 0 Å². The van der Waals surface area contributed by atoms with E-state index in [1.807, 2.05) is 28.0 Å². The molecular weight excluding hydrogens is 366 g/mol. The quantitative estimate of drug-likeness (QED) is 0.731. The maximum atomic E-state index is 12.6. The summed E-state index contributed by atoms with van der Waals surface area (Å²) in [6.07, 6.45) is 7.92. The lowest BCUT2D eigenvalue weighted by Gasteiger charge is -2.37. The topological polar surface area (TPSA) is 53.1 Å². The maximum Gasteiger partial charge on any atom is 0.246 e. The van der Waals surface area contributed by atoms with Crippen LogP contribution in [0, 0.1) is 0 Å². The number of carbonyl (C=O) groups is 2. The Labute approximate surface area is 173 Å². The Bertz CT molecular complexity index is 784. The van der Waals surface area contributed by atoms with Gasteiger partial charge in [0.1, 0.15) is 5.75 Å². The normalized spacial score (nSPS) is 22.6. The Kier molecular flexibility index (Phi) is 6.19. The molecule has 1 aromatic carbocycles. The van der Waals surface area contributed by atoms with Crippen LogP contribution in [0.5, 0.6) is 5.75 Å². The number of benzene rings is 1. The lowest BCUT2D eigenvalue weighted by atomic mass is 10.0. The number of piperidine rings is 1. The molecule has 2 saturated heterocycles. The second-order valence-electron chi connectivity index (χ2n) is 8.33. The second-order valence-corrected chi connectivity index (χ2v) is 8.33. The van der Waals surface area contributed by atoms with E-state index in [2.05, 4.69) is 17.9 Å². The van der Waals surface area contributed by atoms with E-state index in [4.69, 9.17) is 4.74 Å². The highest BCUT2D eigenvalue weighted by Crippen LogP contribution is 2.26. The summed E-state index contributed by atoms with van der Waals surface area (Å²) >= 11 is 0. The standard InChI is InChI=1S/C23H31N3O3/c1-18-4-2-3-10-26(18)23(28)17-24-11-13-25(14-12-24)22(27)8-6-19-5-7-21-20(16-19)9-15-29-21/h5-8,16,18H,2-4,9-15,17H2,1H3/b8-6+. The number of nitrogens with zero attached hydrogens (tertiary/aromatic N) is 3. The number of rotatable bonds is 4. The fourth-order valence-corrected chi connectivity index (χ4v) is 4.46. The van der Waals surface area contributed by atoms with Crippen LogP contribution in [0.3, 0.4) is 0 Å². The molecule has 3 heterocycles. The van der Waals surface area contributed by atoms with Crippen LogP contribution >= 0.6 is 0 Å². The molecule has 0 radical (unpaired) electrons. The summed E-state index contributed by atoms with van der Waals surface area (Å²) in [5.74, 6) is 1.23. The van der Waals surface area contributed by atoms with Gasteiger partial charge in [-0.3, -0.25) is 14.5 Å². The van der Waals surface area contributed by atoms with E-state index in [1.165, 1.54) is 12.0 Å². The molecule has 2 fully saturated rings. The third-order valence-electron chi connectivity index (χ3n) is 6.30. The molecule has 1 unspecified atom stereocenters. The van der Waals surface area contributed by atoms with E-state index in [0.29, 0.717) is 25.7 Å². The van der Waals surface area contributed by atoms with Crippen LogP contribution in [0.1, 0.15) is 37.3 Å². The summed E-state index contributed by atoms with van der Waals surface area (Å²) in [5.41, 5.74) is 2.24. The van der Waals surface area contributed by atoms with Gasteiger partial charge >= 0.3 is 0 Å². The zero-order chi connectivity index (χ0) is 20.2. The molecule has 0 aromatic heterocycles. The SMILES string of the molecule is CC1CCCCN1C(=O)CN1CCN(C(=O)/C=C/c2ccc3c(c2)CCO3)CC1. The van der Waals surface area contributed by atoms with Gasteiger partial charge in [0.15, 0.2) is 0 Å². The van der Waals surface area contributed by atoms with Crippen LogP contribution in [-0.4, -0.2) is 78.4 Å². The number of amides is 2. The largest absolute Gasteiger partial charge is 0.493 e. The number of likely N-dealkylation sites (tertiary alicyclic amines) is 1. The lowest BCUT2D eigenvalue weighted by molar-refractivity contribution is -0.136. The molecule has 4 rings (SSSR count). The lowest BCUT2D eigenvalue weighted by Crippen LogP contribution is -2.52. The molecule has 0 N–H and O–H groups in total. The van der Waals surface area contributed by atoms with Crippen molar-refractivity contribution in [3.8, 4) is 5.75 Å². The summed E-state index contributed by atoms with van der Waals surface area (Å²) in [6.45, 7) is 7.10. The zero-order valence-electron chi connectivity index (χ0n) is 17.3. The molecule has 6 heteroatoms. The predicted octanol–water partition coefficient (Wildman–Crippen LogP) is 2.18. The number of ether oxygens (including phenoxy) is 1. The van der Waals surface area contributed by atoms with Crippen molar-refractivity contribution in [1.82, 2.24) is 14.7 Å². The zero-order valence-corrected chi connectivity index (χ0v) is 17.3. The summed E-state index contributed by atoms with van der Waals surface area (Å²) in [6, 6.07) is 6.41. The van der Waals surface area contributed by atoms with Crippen molar-refractivity contribution in [3.63, 3.8) is 0 Å². The van der Waals surface area contributed by atoms with Crippen LogP contribution in [0.2, 0.25) is 0 Å². The average molecular weight is 398 g/mol. The van der Waals surface area contributed by atoms with Crippen molar-refractivity contribution < 1.29 is 14.3 Å². The minimum atomic E-state index is 0.0392. The van der Waals surface area contributed by atoms with E-state index >= 15 is 0 Å². The summed E-state index contributed by atoms with van der Waals surface area (Å²) in [4.78, 5) is 31.2. The summed E-state index contributed by atoms with van der Waals surface area (Å²) in [7, 11) is 0. The van der Waals surface area contributed by atoms with Gasteiger partial charge in [0.25, 0.3) is 0 Å². The van der Waals surface area contributed by atoms with E-state index in [0.717, 1.165) is 56.8 Å². The molecule has 3 aliphatic heterocycles. The Hall–Kier alpha value is -2.34. The first-order valence-corrected chi connectivity index (χ1v) is 10.8. The van der Waals surface area contributed by atoms with Gasteiger partial charge in [-0.05, 0) is 55.5 Å². The number of carbonyl (C=O) groups excluding carboxylic acids is 2. The molecule has 0 saturated carbocycles. The van der Waals surface area contributed by atoms with Gasteiger partial charge in [-0.1, -0.05) is 6.07 Å². The number of piperazine rings is 1. The monoisotopic (exact) mass is 397 g/mol. The first-order chi connectivity index (χ1) is 14.1. The molecule has 0 aliphatic carbocycles. The highest BCUT2D eigenvalue weighted by molar-refractivity contribution is 5.92. The van der Waals surface area contributed by atoms with Gasteiger partial charge in [0.2, 0.25) is 11.8 Å². The molecule has 1 atom stereocenters. The first kappa shape index (κ1) is 20.0. The highest BCUT2D eigenvalue weighted by atomic mass is 16.5. The number of hydrogen-bond donors (Lipinski definition) is 0. The van der Waals surface area contributed by atoms with E-state index in [1.54, 1.807) is 6.08 Å². The van der Waals surface area contributed by atoms with Gasteiger partial charge < -0.3 is 14.5 Å². The van der Waals surface area contributed by atoms with E-state index < -0.39 is 0 Å². The molecule has 156 valence electrons. The Morgan fingerprint density at radius 1 is 1.14 bits per heavy atom. The molecule has 1 aromatic rings. The fraction of sp³-hybridized carbons (Fsp3) is 0.565. The molecular formula is C23H31N3O3. The van der Waals surface area contributed by atoms with Crippen molar-refractivity contribution in [1.29, 1.82) is 0 Å². The summed E-state index contributed by atoms with van der Waals surface area (Å²) < 4.78 is 5.53. The minimum absolute atomic E-state index is 0.0392. The van der Waals surface area contributed by atoms with Crippen molar-refractivity contribution in [2.75, 3.05) is 45.9 Å². The minimum Gasteiger partial charge on any atom is -0.493 e. The predicted molar refractivity (Wildman–Crippen MR) is 113 cm³/mol. The van der Waals surface area contributed by atoms with Crippen LogP contribution in [-0.2, 0) is 16.0 Å². The molecule has 6 nitrogen and oxygen atoms in total. The Balaban J connectivity index is 1.24. The first-order valence-electron chi connectivity index (χ1n) is 10.8. The fourth-order valence-electron chi connectivity index (χ4n) is 4.46. The average Bonchev–Trinajstić information content (AvgIpc) is 3.20. The van der Waals surface area contributed by atoms with Crippen LogP contribution < -0.4 is 4.74 Å². The van der Waals surface area contributed by atoms with E-state index in [9.17, 15) is 9.59 Å². The second kappa shape index (κ2) is 8.99. The third-order valence-corrected chi connectivity index (χ3v) is 6.30. The number of fused-ring (bicyclic) bond motifs is 1. The van der Waals surface area contributed by atoms with Gasteiger partial charge in [-0.25, -0.2) is 0 Å². The van der Waals surface area contributed by atoms with Gasteiger partial charge in [0.05, 0.1) is 13.2 Å². The maximum absolute atomic E-state index is 12.6. The molecule has 2 amide bonds. The molecule has 0 spiro atoms. The third kappa shape index (κ3) is 4.81. The molecule has 3 aliphatic rings. The Morgan fingerprint density at radius 2 is 1.97 bits per heavy atom.